The number of rotatable bonds is 0. The van der Waals surface area contributed by atoms with Crippen LogP contribution in [0.5, 0.6) is 0 Å². The van der Waals surface area contributed by atoms with Crippen LogP contribution in [-0.2, 0) is 0 Å². The SMILES string of the molecule is ClC=C(Cl)Cl.[H-].[H-].[H-].[H-].[Na+].[Na+].[Na+].[Na+]. The quantitative estimate of drug-likeness (QED) is 0.361. The summed E-state index contributed by atoms with van der Waals surface area (Å²) in [6.07, 6.45) is 0. The molecule has 0 aromatic heterocycles. The predicted octanol–water partition coefficient (Wildman–Crippen LogP) is -9.03. The normalized spacial score (nSPS) is 3.89. The Morgan fingerprint density at radius 3 is 1.11 bits per heavy atom. The molecule has 7 heteroatoms. The second-order valence-electron chi connectivity index (χ2n) is 0.399. The predicted molar refractivity (Wildman–Crippen MR) is 30.1 cm³/mol. The average Bonchev–Trinajstić information content (AvgIpc) is 1.38. The molecule has 0 aliphatic heterocycles. The summed E-state index contributed by atoms with van der Waals surface area (Å²) in [6.45, 7) is 0. The molecular weight excluding hydrogens is 222 g/mol. The van der Waals surface area contributed by atoms with Crippen molar-refractivity contribution in [2.75, 3.05) is 0 Å². The second kappa shape index (κ2) is 22.9. The van der Waals surface area contributed by atoms with Crippen LogP contribution in [0.1, 0.15) is 5.71 Å². The van der Waals surface area contributed by atoms with Gasteiger partial charge in [-0.25, -0.2) is 0 Å². The molecule has 0 amide bonds. The molecule has 0 rings (SSSR count). The van der Waals surface area contributed by atoms with E-state index in [4.69, 9.17) is 34.8 Å². The molecule has 0 unspecified atom stereocenters. The largest absolute Gasteiger partial charge is 1.00 e. The van der Waals surface area contributed by atoms with E-state index >= 15 is 0 Å². The molecule has 0 saturated heterocycles. The summed E-state index contributed by atoms with van der Waals surface area (Å²) < 4.78 is 0.0895. The van der Waals surface area contributed by atoms with Crippen LogP contribution in [0.3, 0.4) is 0 Å². The number of halogens is 3. The molecule has 0 aromatic rings. The number of hydrogen-bond acceptors (Lipinski definition) is 0. The van der Waals surface area contributed by atoms with Crippen LogP contribution in [0.2, 0.25) is 0 Å². The Morgan fingerprint density at radius 2 is 1.11 bits per heavy atom. The van der Waals surface area contributed by atoms with E-state index < -0.39 is 0 Å². The first-order chi connectivity index (χ1) is 2.27. The summed E-state index contributed by atoms with van der Waals surface area (Å²) in [6, 6.07) is 0. The standard InChI is InChI=1S/C2HCl3.4Na.4H/c3-1-2(4)5;;;;;;;;/h1H;;;;;;;;/q;4*+1;4*-1. The van der Waals surface area contributed by atoms with Gasteiger partial charge in [-0.1, -0.05) is 34.8 Å². The third-order valence-electron chi connectivity index (χ3n) is 0.0825. The van der Waals surface area contributed by atoms with Gasteiger partial charge < -0.3 is 5.71 Å². The topological polar surface area (TPSA) is 0 Å². The van der Waals surface area contributed by atoms with E-state index in [2.05, 4.69) is 0 Å². The maximum absolute atomic E-state index is 4.96. The van der Waals surface area contributed by atoms with E-state index in [1.807, 2.05) is 0 Å². The third-order valence-corrected chi connectivity index (χ3v) is 0.742. The Hall–Kier alpha value is 4.61. The minimum absolute atomic E-state index is 0. The summed E-state index contributed by atoms with van der Waals surface area (Å²) in [7, 11) is 0. The van der Waals surface area contributed by atoms with Crippen LogP contribution < -0.4 is 118 Å². The van der Waals surface area contributed by atoms with Gasteiger partial charge in [0.1, 0.15) is 4.49 Å². The van der Waals surface area contributed by atoms with Crippen molar-refractivity contribution in [1.29, 1.82) is 0 Å². The molecular formula is C2H5Cl3Na4. The summed E-state index contributed by atoms with van der Waals surface area (Å²) in [5, 5.41) is 0. The fraction of sp³-hybridized carbons (Fsp3) is 0. The molecule has 0 N–H and O–H groups in total. The molecule has 0 aliphatic carbocycles. The van der Waals surface area contributed by atoms with Gasteiger partial charge in [-0.05, 0) is 0 Å². The van der Waals surface area contributed by atoms with Gasteiger partial charge in [0.05, 0.1) is 0 Å². The summed E-state index contributed by atoms with van der Waals surface area (Å²) in [5.74, 6) is 0. The van der Waals surface area contributed by atoms with Crippen molar-refractivity contribution < 1.29 is 124 Å². The molecule has 0 heterocycles. The molecule has 0 spiro atoms. The Balaban J connectivity index is -0.00000000286. The fourth-order valence-corrected chi connectivity index (χ4v) is 0. The first kappa shape index (κ1) is 29.2. The summed E-state index contributed by atoms with van der Waals surface area (Å²) in [4.78, 5) is 0. The first-order valence-electron chi connectivity index (χ1n) is 0.885. The zero-order chi connectivity index (χ0) is 4.28. The second-order valence-corrected chi connectivity index (χ2v) is 1.62. The van der Waals surface area contributed by atoms with Gasteiger partial charge in [0.2, 0.25) is 0 Å². The minimum atomic E-state index is 0. The van der Waals surface area contributed by atoms with E-state index in [1.54, 1.807) is 0 Å². The maximum Gasteiger partial charge on any atom is 1.00 e. The van der Waals surface area contributed by atoms with Gasteiger partial charge in [0, 0.05) is 5.54 Å². The van der Waals surface area contributed by atoms with E-state index in [9.17, 15) is 0 Å². The van der Waals surface area contributed by atoms with Gasteiger partial charge in [-0.15, -0.1) is 0 Å². The Morgan fingerprint density at radius 1 is 1.00 bits per heavy atom. The van der Waals surface area contributed by atoms with Crippen molar-refractivity contribution >= 4 is 34.8 Å². The molecule has 9 heavy (non-hydrogen) atoms. The molecule has 0 aliphatic rings. The van der Waals surface area contributed by atoms with Crippen LogP contribution in [0.25, 0.3) is 0 Å². The molecule has 0 fully saturated rings. The van der Waals surface area contributed by atoms with Crippen LogP contribution in [0.4, 0.5) is 0 Å². The first-order valence-corrected chi connectivity index (χ1v) is 2.08. The van der Waals surface area contributed by atoms with Gasteiger partial charge in [0.25, 0.3) is 0 Å². The smallest absolute Gasteiger partial charge is 1.00 e. The van der Waals surface area contributed by atoms with Crippen molar-refractivity contribution in [3.05, 3.63) is 10.0 Å². The molecule has 0 atom stereocenters. The van der Waals surface area contributed by atoms with Crippen LogP contribution in [0.15, 0.2) is 10.0 Å². The maximum atomic E-state index is 4.96. The average molecular weight is 227 g/mol. The molecule has 38 valence electrons. The minimum Gasteiger partial charge on any atom is -1.00 e. The van der Waals surface area contributed by atoms with Gasteiger partial charge in [-0.3, -0.25) is 0 Å². The Kier molecular flexibility index (Phi) is 74.4. The number of hydrogen-bond donors (Lipinski definition) is 0. The van der Waals surface area contributed by atoms with E-state index in [1.165, 1.54) is 0 Å². The third kappa shape index (κ3) is 32.5. The fourth-order valence-electron chi connectivity index (χ4n) is 0. The van der Waals surface area contributed by atoms with E-state index in [0.717, 1.165) is 5.54 Å². The van der Waals surface area contributed by atoms with Gasteiger partial charge >= 0.3 is 118 Å². The van der Waals surface area contributed by atoms with Crippen LogP contribution >= 0.6 is 34.8 Å². The van der Waals surface area contributed by atoms with Crippen LogP contribution in [-0.4, -0.2) is 0 Å². The zero-order valence-corrected chi connectivity index (χ0v) is 16.5. The molecule has 0 radical (unpaired) electrons. The summed E-state index contributed by atoms with van der Waals surface area (Å²) in [5.41, 5.74) is 1.09. The van der Waals surface area contributed by atoms with Crippen molar-refractivity contribution in [1.82, 2.24) is 0 Å². The van der Waals surface area contributed by atoms with Crippen molar-refractivity contribution in [2.24, 2.45) is 0 Å². The van der Waals surface area contributed by atoms with Gasteiger partial charge in [0.15, 0.2) is 0 Å². The van der Waals surface area contributed by atoms with E-state index in [0.29, 0.717) is 0 Å². The molecule has 0 bridgehead atoms. The Labute approximate surface area is 165 Å². The molecule has 0 aromatic carbocycles. The van der Waals surface area contributed by atoms with Crippen LogP contribution in [0, 0.1) is 0 Å². The monoisotopic (exact) mass is 226 g/mol. The molecule has 0 nitrogen and oxygen atoms in total. The van der Waals surface area contributed by atoms with Crippen molar-refractivity contribution in [3.63, 3.8) is 0 Å². The molecule has 0 saturated carbocycles. The zero-order valence-electron chi connectivity index (χ0n) is 10.2. The Bertz CT molecular complexity index is 63.4. The van der Waals surface area contributed by atoms with Crippen molar-refractivity contribution in [3.8, 4) is 0 Å². The van der Waals surface area contributed by atoms with Gasteiger partial charge in [-0.2, -0.15) is 0 Å². The van der Waals surface area contributed by atoms with E-state index in [-0.39, 0.29) is 128 Å². The summed E-state index contributed by atoms with van der Waals surface area (Å²) >= 11 is 14.8. The van der Waals surface area contributed by atoms with Crippen molar-refractivity contribution in [2.45, 2.75) is 0 Å².